The molecule has 0 aliphatic carbocycles. The van der Waals surface area contributed by atoms with Crippen molar-refractivity contribution in [2.45, 2.75) is 136 Å². The Bertz CT molecular complexity index is 198. The molecule has 0 atom stereocenters. The van der Waals surface area contributed by atoms with Gasteiger partial charge in [0.05, 0.1) is 0 Å². The zero-order chi connectivity index (χ0) is 20.4. The zero-order valence-electron chi connectivity index (χ0n) is 19.5. The Morgan fingerprint density at radius 2 is 0.593 bits per heavy atom. The minimum Gasteiger partial charge on any atom is -0.274 e. The first-order chi connectivity index (χ1) is 13.3. The van der Waals surface area contributed by atoms with Crippen LogP contribution in [0.15, 0.2) is 0 Å². The van der Waals surface area contributed by atoms with Crippen LogP contribution in [0, 0.1) is 0 Å². The summed E-state index contributed by atoms with van der Waals surface area (Å²) in [7, 11) is 0.366. The molecule has 0 aliphatic heterocycles. The highest BCUT2D eigenvalue weighted by atomic mass is 31.1. The quantitative estimate of drug-likeness (QED) is 0.0876. The molecular weight excluding hydrogens is 347 g/mol. The second-order valence-electron chi connectivity index (χ2n) is 8.14. The Labute approximate surface area is 174 Å². The molecule has 0 rings (SSSR count). The molecule has 0 heterocycles. The van der Waals surface area contributed by atoms with Gasteiger partial charge in [0, 0.05) is 0 Å². The van der Waals surface area contributed by atoms with Crippen LogP contribution in [-0.2, 0) is 0 Å². The van der Waals surface area contributed by atoms with E-state index in [9.17, 15) is 0 Å². The lowest BCUT2D eigenvalue weighted by Gasteiger charge is -2.18. The zero-order valence-corrected chi connectivity index (χ0v) is 20.3. The highest BCUT2D eigenvalue weighted by Gasteiger charge is 2.07. The van der Waals surface area contributed by atoms with Gasteiger partial charge in [-0.05, 0) is 37.7 Å². The molecule has 0 amide bonds. The molecule has 0 aromatic carbocycles. The Kier molecular flexibility index (Phi) is 31.3. The number of rotatable bonds is 21. The molecule has 3 heteroatoms. The molecule has 0 saturated heterocycles. The Morgan fingerprint density at radius 1 is 0.370 bits per heavy atom. The van der Waals surface area contributed by atoms with Gasteiger partial charge in [0.2, 0.25) is 0 Å². The fourth-order valence-electron chi connectivity index (χ4n) is 3.68. The molecule has 0 saturated carbocycles. The van der Waals surface area contributed by atoms with Gasteiger partial charge in [-0.3, -0.25) is 11.7 Å². The van der Waals surface area contributed by atoms with Gasteiger partial charge in [0.15, 0.2) is 0 Å². The van der Waals surface area contributed by atoms with Crippen molar-refractivity contribution in [1.82, 2.24) is 0 Å². The minimum atomic E-state index is 0.366. The van der Waals surface area contributed by atoms with Crippen LogP contribution in [0.3, 0.4) is 0 Å². The summed E-state index contributed by atoms with van der Waals surface area (Å²) >= 11 is 0. The maximum atomic E-state index is 4.00. The van der Waals surface area contributed by atoms with Crippen LogP contribution in [0.4, 0.5) is 0 Å². The lowest BCUT2D eigenvalue weighted by molar-refractivity contribution is 0.617. The number of hydrogen-bond acceptors (Lipinski definition) is 2. The third kappa shape index (κ3) is 26.4. The van der Waals surface area contributed by atoms with E-state index >= 15 is 0 Å². The largest absolute Gasteiger partial charge is 0.274 e. The van der Waals surface area contributed by atoms with Crippen molar-refractivity contribution in [2.75, 3.05) is 18.5 Å². The predicted molar refractivity (Wildman–Crippen MR) is 130 cm³/mol. The summed E-state index contributed by atoms with van der Waals surface area (Å²) < 4.78 is 0. The highest BCUT2D eigenvalue weighted by Crippen LogP contribution is 2.39. The molecule has 0 radical (unpaired) electrons. The number of unbranched alkanes of at least 4 members (excludes halogenated alkanes) is 15. The normalized spacial score (nSPS) is 10.9. The molecule has 0 aromatic heterocycles. The second-order valence-corrected chi connectivity index (χ2v) is 10.8. The van der Waals surface area contributed by atoms with Gasteiger partial charge in [-0.25, -0.2) is 0 Å². The first-order valence-electron chi connectivity index (χ1n) is 12.4. The van der Waals surface area contributed by atoms with Gasteiger partial charge >= 0.3 is 0 Å². The Morgan fingerprint density at radius 3 is 0.852 bits per heavy atom. The van der Waals surface area contributed by atoms with Gasteiger partial charge in [-0.2, -0.15) is 0 Å². The first kappa shape index (κ1) is 29.6. The molecule has 0 aliphatic rings. The van der Waals surface area contributed by atoms with E-state index in [1.54, 1.807) is 18.5 Å². The predicted octanol–water partition coefficient (Wildman–Crippen LogP) is 8.37. The van der Waals surface area contributed by atoms with E-state index in [2.05, 4.69) is 32.5 Å². The van der Waals surface area contributed by atoms with E-state index in [1.807, 2.05) is 0 Å². The van der Waals surface area contributed by atoms with Crippen LogP contribution in [0.5, 0.6) is 0 Å². The monoisotopic (exact) mass is 402 g/mol. The topological polar surface area (TPSA) is 52.0 Å². The number of nitrogens with two attached hydrogens (primary N) is 2. The van der Waals surface area contributed by atoms with Gasteiger partial charge in [0.1, 0.15) is 0 Å². The highest BCUT2D eigenvalue weighted by molar-refractivity contribution is 7.57. The molecule has 2 nitrogen and oxygen atoms in total. The standard InChI is InChI=1S/C24H51P.H4N2/c1-4-7-10-13-16-19-22-25(23-20-17-14-11-8-5-2)24-21-18-15-12-9-6-3;1-2/h4-24H2,1-3H3;1-2H2. The molecule has 0 fully saturated rings. The van der Waals surface area contributed by atoms with Crippen molar-refractivity contribution in [1.29, 1.82) is 0 Å². The van der Waals surface area contributed by atoms with Crippen LogP contribution in [0.1, 0.15) is 136 Å². The van der Waals surface area contributed by atoms with Gasteiger partial charge < -0.3 is 0 Å². The van der Waals surface area contributed by atoms with Crippen molar-refractivity contribution < 1.29 is 0 Å². The summed E-state index contributed by atoms with van der Waals surface area (Å²) in [6.07, 6.45) is 31.2. The molecule has 0 bridgehead atoms. The average Bonchev–Trinajstić information content (AvgIpc) is 2.70. The van der Waals surface area contributed by atoms with E-state index in [0.29, 0.717) is 7.92 Å². The lowest BCUT2D eigenvalue weighted by atomic mass is 10.1. The van der Waals surface area contributed by atoms with Crippen molar-refractivity contribution in [3.8, 4) is 0 Å². The van der Waals surface area contributed by atoms with Crippen molar-refractivity contribution >= 4 is 7.92 Å². The number of hydrogen-bond donors (Lipinski definition) is 2. The summed E-state index contributed by atoms with van der Waals surface area (Å²) in [5, 5.41) is 0. The van der Waals surface area contributed by atoms with Crippen LogP contribution in [-0.4, -0.2) is 18.5 Å². The first-order valence-corrected chi connectivity index (χ1v) is 14.3. The molecule has 0 aromatic rings. The van der Waals surface area contributed by atoms with Gasteiger partial charge in [0.25, 0.3) is 0 Å². The molecule has 27 heavy (non-hydrogen) atoms. The van der Waals surface area contributed by atoms with Gasteiger partial charge in [-0.1, -0.05) is 117 Å². The van der Waals surface area contributed by atoms with Crippen molar-refractivity contribution in [3.63, 3.8) is 0 Å². The minimum absolute atomic E-state index is 0.366. The van der Waals surface area contributed by atoms with E-state index in [4.69, 9.17) is 0 Å². The lowest BCUT2D eigenvalue weighted by Crippen LogP contribution is -2.02. The fourth-order valence-corrected chi connectivity index (χ4v) is 6.37. The van der Waals surface area contributed by atoms with Gasteiger partial charge in [-0.15, -0.1) is 7.92 Å². The summed E-state index contributed by atoms with van der Waals surface area (Å²) in [4.78, 5) is 0. The summed E-state index contributed by atoms with van der Waals surface area (Å²) in [6, 6.07) is 0. The van der Waals surface area contributed by atoms with E-state index in [-0.39, 0.29) is 0 Å². The van der Waals surface area contributed by atoms with Crippen molar-refractivity contribution in [2.24, 2.45) is 11.7 Å². The van der Waals surface area contributed by atoms with E-state index < -0.39 is 0 Å². The second kappa shape index (κ2) is 28.6. The molecule has 0 spiro atoms. The maximum Gasteiger partial charge on any atom is -0.0326 e. The Balaban J connectivity index is 0. The SMILES string of the molecule is CCCCCCCCP(CCCCCCCC)CCCCCCCC.NN. The van der Waals surface area contributed by atoms with Crippen LogP contribution < -0.4 is 11.7 Å². The molecule has 0 unspecified atom stereocenters. The van der Waals surface area contributed by atoms with E-state index in [1.165, 1.54) is 116 Å². The third-order valence-electron chi connectivity index (χ3n) is 5.48. The van der Waals surface area contributed by atoms with Crippen LogP contribution in [0.25, 0.3) is 0 Å². The van der Waals surface area contributed by atoms with E-state index in [0.717, 1.165) is 0 Å². The molecule has 4 N–H and O–H groups in total. The molecular formula is C24H55N2P. The number of hydrazine groups is 1. The summed E-state index contributed by atoms with van der Waals surface area (Å²) in [5.41, 5.74) is 0. The van der Waals surface area contributed by atoms with Crippen LogP contribution >= 0.6 is 7.92 Å². The molecule has 166 valence electrons. The summed E-state index contributed by atoms with van der Waals surface area (Å²) in [6.45, 7) is 6.96. The third-order valence-corrected chi connectivity index (χ3v) is 8.33. The average molecular weight is 403 g/mol. The van der Waals surface area contributed by atoms with Crippen molar-refractivity contribution in [3.05, 3.63) is 0 Å². The Hall–Kier alpha value is 0.350. The smallest absolute Gasteiger partial charge is 0.0326 e. The summed E-state index contributed by atoms with van der Waals surface area (Å²) in [5.74, 6) is 8.00. The fraction of sp³-hybridized carbons (Fsp3) is 1.00. The maximum absolute atomic E-state index is 4.00. The van der Waals surface area contributed by atoms with Crippen LogP contribution in [0.2, 0.25) is 0 Å².